The van der Waals surface area contributed by atoms with Crippen LogP contribution in [0.1, 0.15) is 41.0 Å². The molecule has 0 rings (SSSR count). The fourth-order valence-electron chi connectivity index (χ4n) is 0.919. The number of carbonyl (C=O) groups is 1. The van der Waals surface area contributed by atoms with E-state index >= 15 is 0 Å². The Kier molecular flexibility index (Phi) is 5.08. The Labute approximate surface area is 92.6 Å². The molecule has 15 heavy (non-hydrogen) atoms. The number of hydrogen-bond acceptors (Lipinski definition) is 3. The molecule has 0 bridgehead atoms. The van der Waals surface area contributed by atoms with Gasteiger partial charge in [-0.05, 0) is 39.2 Å². The zero-order valence-corrected chi connectivity index (χ0v) is 10.5. The van der Waals surface area contributed by atoms with E-state index in [9.17, 15) is 4.79 Å². The van der Waals surface area contributed by atoms with Gasteiger partial charge in [-0.1, -0.05) is 13.8 Å². The molecule has 0 aliphatic rings. The molecule has 0 aliphatic heterocycles. The average Bonchev–Trinajstić information content (AvgIpc) is 2.00. The minimum Gasteiger partial charge on any atom is -0.444 e. The van der Waals surface area contributed by atoms with E-state index in [0.717, 1.165) is 6.42 Å². The molecule has 0 aromatic rings. The molecule has 0 aliphatic carbocycles. The molecule has 0 saturated carbocycles. The zero-order valence-electron chi connectivity index (χ0n) is 10.5. The molecule has 0 saturated heterocycles. The fraction of sp³-hybridized carbons (Fsp3) is 0.909. The minimum atomic E-state index is -0.437. The molecule has 0 heterocycles. The highest BCUT2D eigenvalue weighted by atomic mass is 16.6. The van der Waals surface area contributed by atoms with E-state index in [1.807, 2.05) is 20.8 Å². The monoisotopic (exact) mass is 216 g/mol. The number of carbonyl (C=O) groups excluding carboxylic acids is 1. The molecule has 0 fully saturated rings. The molecule has 0 aromatic heterocycles. The van der Waals surface area contributed by atoms with Gasteiger partial charge in [0.25, 0.3) is 0 Å². The first-order valence-electron chi connectivity index (χ1n) is 5.33. The third kappa shape index (κ3) is 8.24. The van der Waals surface area contributed by atoms with Crippen LogP contribution in [0.2, 0.25) is 0 Å². The fourth-order valence-corrected chi connectivity index (χ4v) is 0.919. The minimum absolute atomic E-state index is 0.0645. The number of rotatable bonds is 4. The number of alkyl carbamates (subject to hydrolysis) is 1. The zero-order chi connectivity index (χ0) is 12.1. The van der Waals surface area contributed by atoms with Crippen LogP contribution in [0.15, 0.2) is 0 Å². The van der Waals surface area contributed by atoms with Crippen LogP contribution in [0.3, 0.4) is 0 Å². The van der Waals surface area contributed by atoms with Crippen molar-refractivity contribution in [3.8, 4) is 0 Å². The highest BCUT2D eigenvalue weighted by molar-refractivity contribution is 5.67. The lowest BCUT2D eigenvalue weighted by molar-refractivity contribution is 0.0522. The van der Waals surface area contributed by atoms with E-state index in [-0.39, 0.29) is 11.5 Å². The van der Waals surface area contributed by atoms with Crippen LogP contribution in [0.5, 0.6) is 0 Å². The second-order valence-corrected chi connectivity index (χ2v) is 5.55. The second kappa shape index (κ2) is 5.35. The van der Waals surface area contributed by atoms with Crippen molar-refractivity contribution in [2.45, 2.75) is 46.6 Å². The molecule has 0 spiro atoms. The van der Waals surface area contributed by atoms with Crippen molar-refractivity contribution in [2.24, 2.45) is 11.1 Å². The molecular formula is C11H24N2O2. The van der Waals surface area contributed by atoms with Crippen molar-refractivity contribution in [3.05, 3.63) is 0 Å². The lowest BCUT2D eigenvalue weighted by atomic mass is 9.90. The van der Waals surface area contributed by atoms with Crippen molar-refractivity contribution in [3.63, 3.8) is 0 Å². The van der Waals surface area contributed by atoms with Crippen molar-refractivity contribution in [1.82, 2.24) is 5.32 Å². The highest BCUT2D eigenvalue weighted by Gasteiger charge is 2.18. The Bertz CT molecular complexity index is 207. The van der Waals surface area contributed by atoms with E-state index in [2.05, 4.69) is 19.2 Å². The van der Waals surface area contributed by atoms with Gasteiger partial charge < -0.3 is 15.8 Å². The van der Waals surface area contributed by atoms with Crippen LogP contribution in [0.25, 0.3) is 0 Å². The summed E-state index contributed by atoms with van der Waals surface area (Å²) < 4.78 is 5.10. The van der Waals surface area contributed by atoms with E-state index in [1.165, 1.54) is 0 Å². The normalized spacial score (nSPS) is 12.4. The maximum absolute atomic E-state index is 11.3. The summed E-state index contributed by atoms with van der Waals surface area (Å²) in [4.78, 5) is 11.3. The number of ether oxygens (including phenoxy) is 1. The van der Waals surface area contributed by atoms with Crippen LogP contribution >= 0.6 is 0 Å². The third-order valence-electron chi connectivity index (χ3n) is 2.02. The topological polar surface area (TPSA) is 64.3 Å². The van der Waals surface area contributed by atoms with Crippen molar-refractivity contribution in [2.75, 3.05) is 13.1 Å². The molecule has 4 heteroatoms. The summed E-state index contributed by atoms with van der Waals surface area (Å²) in [5.41, 5.74) is 5.21. The Hall–Kier alpha value is -0.770. The van der Waals surface area contributed by atoms with Gasteiger partial charge in [0, 0.05) is 6.54 Å². The summed E-state index contributed by atoms with van der Waals surface area (Å²) in [6, 6.07) is 0. The molecule has 1 amide bonds. The predicted octanol–water partition coefficient (Wildman–Crippen LogP) is 1.89. The molecule has 0 radical (unpaired) electrons. The highest BCUT2D eigenvalue weighted by Crippen LogP contribution is 2.16. The van der Waals surface area contributed by atoms with Gasteiger partial charge in [-0.15, -0.1) is 0 Å². The summed E-state index contributed by atoms with van der Waals surface area (Å²) in [5, 5.41) is 2.71. The standard InChI is InChI=1S/C11H24N2O2/c1-10(2,3)15-9(14)13-7-6-11(4,5)8-12/h6-8,12H2,1-5H3,(H,13,14). The Morgan fingerprint density at radius 3 is 2.20 bits per heavy atom. The second-order valence-electron chi connectivity index (χ2n) is 5.55. The molecular weight excluding hydrogens is 192 g/mol. The van der Waals surface area contributed by atoms with Crippen LogP contribution in [0.4, 0.5) is 4.79 Å². The van der Waals surface area contributed by atoms with Gasteiger partial charge in [0.15, 0.2) is 0 Å². The SMILES string of the molecule is CC(C)(CN)CCNC(=O)OC(C)(C)C. The largest absolute Gasteiger partial charge is 0.444 e. The summed E-state index contributed by atoms with van der Waals surface area (Å²) in [7, 11) is 0. The van der Waals surface area contributed by atoms with Gasteiger partial charge in [0.05, 0.1) is 0 Å². The summed E-state index contributed by atoms with van der Waals surface area (Å²) in [6.45, 7) is 10.9. The van der Waals surface area contributed by atoms with Crippen molar-refractivity contribution in [1.29, 1.82) is 0 Å². The van der Waals surface area contributed by atoms with E-state index < -0.39 is 5.60 Å². The van der Waals surface area contributed by atoms with E-state index in [1.54, 1.807) is 0 Å². The average molecular weight is 216 g/mol. The molecule has 3 N–H and O–H groups in total. The van der Waals surface area contributed by atoms with Gasteiger partial charge >= 0.3 is 6.09 Å². The predicted molar refractivity (Wildman–Crippen MR) is 61.7 cm³/mol. The molecule has 0 aromatic carbocycles. The van der Waals surface area contributed by atoms with Crippen LogP contribution in [-0.4, -0.2) is 24.8 Å². The van der Waals surface area contributed by atoms with Crippen molar-refractivity contribution >= 4 is 6.09 Å². The van der Waals surface area contributed by atoms with Gasteiger partial charge in [0.2, 0.25) is 0 Å². The van der Waals surface area contributed by atoms with Crippen LogP contribution in [0, 0.1) is 5.41 Å². The number of nitrogens with two attached hydrogens (primary N) is 1. The maximum Gasteiger partial charge on any atom is 0.407 e. The first-order valence-corrected chi connectivity index (χ1v) is 5.33. The molecule has 0 unspecified atom stereocenters. The maximum atomic E-state index is 11.3. The van der Waals surface area contributed by atoms with Crippen molar-refractivity contribution < 1.29 is 9.53 Å². The van der Waals surface area contributed by atoms with E-state index in [4.69, 9.17) is 10.5 Å². The lowest BCUT2D eigenvalue weighted by Gasteiger charge is -2.23. The summed E-state index contributed by atoms with van der Waals surface area (Å²) in [6.07, 6.45) is 0.485. The first kappa shape index (κ1) is 14.2. The molecule has 4 nitrogen and oxygen atoms in total. The van der Waals surface area contributed by atoms with Gasteiger partial charge in [-0.3, -0.25) is 0 Å². The Morgan fingerprint density at radius 2 is 1.80 bits per heavy atom. The van der Waals surface area contributed by atoms with Crippen LogP contribution < -0.4 is 11.1 Å². The number of nitrogens with one attached hydrogen (secondary N) is 1. The van der Waals surface area contributed by atoms with Gasteiger partial charge in [-0.2, -0.15) is 0 Å². The van der Waals surface area contributed by atoms with Gasteiger partial charge in [0.1, 0.15) is 5.60 Å². The van der Waals surface area contributed by atoms with Crippen LogP contribution in [-0.2, 0) is 4.74 Å². The molecule has 0 atom stereocenters. The first-order chi connectivity index (χ1) is 6.66. The number of amides is 1. The number of hydrogen-bond donors (Lipinski definition) is 2. The quantitative estimate of drug-likeness (QED) is 0.754. The van der Waals surface area contributed by atoms with E-state index in [0.29, 0.717) is 13.1 Å². The summed E-state index contributed by atoms with van der Waals surface area (Å²) >= 11 is 0. The lowest BCUT2D eigenvalue weighted by Crippen LogP contribution is -2.35. The Morgan fingerprint density at radius 1 is 1.27 bits per heavy atom. The Balaban J connectivity index is 3.74. The molecule has 90 valence electrons. The summed E-state index contributed by atoms with van der Waals surface area (Å²) in [5.74, 6) is 0. The third-order valence-corrected chi connectivity index (χ3v) is 2.02. The van der Waals surface area contributed by atoms with Gasteiger partial charge in [-0.25, -0.2) is 4.79 Å². The smallest absolute Gasteiger partial charge is 0.407 e.